The molecule has 1 amide bonds. The van der Waals surface area contributed by atoms with Crippen molar-refractivity contribution in [3.05, 3.63) is 70.2 Å². The largest absolute Gasteiger partial charge is 0.374 e. The summed E-state index contributed by atoms with van der Waals surface area (Å²) in [5.74, 6) is 0.144. The number of ether oxygens (including phenoxy) is 1. The lowest BCUT2D eigenvalue weighted by atomic mass is 9.95. The number of carbonyl (C=O) groups is 1. The van der Waals surface area contributed by atoms with Crippen LogP contribution in [0, 0.1) is 0 Å². The van der Waals surface area contributed by atoms with Gasteiger partial charge >= 0.3 is 0 Å². The molecule has 1 atom stereocenters. The fourth-order valence-corrected chi connectivity index (χ4v) is 3.33. The van der Waals surface area contributed by atoms with E-state index >= 15 is 0 Å². The van der Waals surface area contributed by atoms with Gasteiger partial charge in [0.05, 0.1) is 11.5 Å². The molecule has 2 aromatic carbocycles. The van der Waals surface area contributed by atoms with Crippen molar-refractivity contribution in [3.8, 4) is 0 Å². The highest BCUT2D eigenvalue weighted by Gasteiger charge is 2.50. The van der Waals surface area contributed by atoms with Crippen LogP contribution in [-0.2, 0) is 14.9 Å². The molecule has 0 saturated heterocycles. The van der Waals surface area contributed by atoms with Crippen molar-refractivity contribution < 1.29 is 9.53 Å². The van der Waals surface area contributed by atoms with Gasteiger partial charge < -0.3 is 10.1 Å². The van der Waals surface area contributed by atoms with Crippen molar-refractivity contribution in [2.24, 2.45) is 0 Å². The molecule has 0 spiro atoms. The van der Waals surface area contributed by atoms with Crippen LogP contribution >= 0.6 is 15.9 Å². The molecule has 2 aromatic rings. The zero-order valence-electron chi connectivity index (χ0n) is 14.5. The van der Waals surface area contributed by atoms with Crippen LogP contribution in [0.25, 0.3) is 0 Å². The normalized spacial score (nSPS) is 16.2. The number of nitrogens with one attached hydrogen (secondary N) is 1. The molecule has 132 valence electrons. The van der Waals surface area contributed by atoms with E-state index in [0.29, 0.717) is 13.2 Å². The Morgan fingerprint density at radius 1 is 1.16 bits per heavy atom. The van der Waals surface area contributed by atoms with E-state index in [4.69, 9.17) is 4.74 Å². The zero-order chi connectivity index (χ0) is 17.7. The molecule has 1 aliphatic carbocycles. The molecule has 0 bridgehead atoms. The molecule has 0 aromatic heterocycles. The first kappa shape index (κ1) is 18.2. The molecule has 1 unspecified atom stereocenters. The summed E-state index contributed by atoms with van der Waals surface area (Å²) >= 11 is 3.44. The molecule has 1 fully saturated rings. The van der Waals surface area contributed by atoms with Crippen molar-refractivity contribution >= 4 is 21.8 Å². The molecule has 25 heavy (non-hydrogen) atoms. The second-order valence-corrected chi connectivity index (χ2v) is 7.54. The van der Waals surface area contributed by atoms with Gasteiger partial charge in [-0.1, -0.05) is 58.4 Å². The van der Waals surface area contributed by atoms with E-state index in [2.05, 4.69) is 40.3 Å². The van der Waals surface area contributed by atoms with E-state index in [1.807, 2.05) is 42.5 Å². The molecule has 3 rings (SSSR count). The summed E-state index contributed by atoms with van der Waals surface area (Å²) in [6, 6.07) is 18.3. The standard InChI is InChI=1S/C21H24BrNO2/c1-16(17-6-3-2-4-7-17)25-15-5-14-23-20(24)21(12-13-21)18-8-10-19(22)11-9-18/h2-4,6-11,16H,5,12-15H2,1H3,(H,23,24). The van der Waals surface area contributed by atoms with Crippen molar-refractivity contribution in [1.29, 1.82) is 0 Å². The van der Waals surface area contributed by atoms with Gasteiger partial charge in [0.1, 0.15) is 0 Å². The second-order valence-electron chi connectivity index (χ2n) is 6.62. The molecule has 0 heterocycles. The molecular formula is C21H24BrNO2. The van der Waals surface area contributed by atoms with Gasteiger partial charge in [-0.2, -0.15) is 0 Å². The minimum Gasteiger partial charge on any atom is -0.374 e. The number of rotatable bonds is 8. The highest BCUT2D eigenvalue weighted by Crippen LogP contribution is 2.48. The summed E-state index contributed by atoms with van der Waals surface area (Å²) in [6.45, 7) is 3.35. The number of benzene rings is 2. The van der Waals surface area contributed by atoms with E-state index in [0.717, 1.165) is 29.3 Å². The predicted octanol–water partition coefficient (Wildman–Crippen LogP) is 4.76. The monoisotopic (exact) mass is 401 g/mol. The molecule has 1 saturated carbocycles. The first-order valence-electron chi connectivity index (χ1n) is 8.83. The van der Waals surface area contributed by atoms with Gasteiger partial charge in [0, 0.05) is 17.6 Å². The Hall–Kier alpha value is -1.65. The smallest absolute Gasteiger partial charge is 0.230 e. The van der Waals surface area contributed by atoms with E-state index < -0.39 is 0 Å². The molecule has 4 heteroatoms. The third-order valence-electron chi connectivity index (χ3n) is 4.82. The molecule has 3 nitrogen and oxygen atoms in total. The Labute approximate surface area is 157 Å². The quantitative estimate of drug-likeness (QED) is 0.647. The summed E-state index contributed by atoms with van der Waals surface area (Å²) in [6.07, 6.45) is 2.76. The zero-order valence-corrected chi connectivity index (χ0v) is 16.1. The average Bonchev–Trinajstić information content (AvgIpc) is 3.44. The van der Waals surface area contributed by atoms with Gasteiger partial charge in [-0.3, -0.25) is 4.79 Å². The van der Waals surface area contributed by atoms with Gasteiger partial charge in [0.25, 0.3) is 0 Å². The van der Waals surface area contributed by atoms with Crippen LogP contribution in [0.15, 0.2) is 59.1 Å². The summed E-state index contributed by atoms with van der Waals surface area (Å²) in [5, 5.41) is 3.08. The Balaban J connectivity index is 1.40. The lowest BCUT2D eigenvalue weighted by Gasteiger charge is -2.17. The van der Waals surface area contributed by atoms with E-state index in [1.54, 1.807) is 0 Å². The van der Waals surface area contributed by atoms with Gasteiger partial charge in [-0.15, -0.1) is 0 Å². The second kappa shape index (κ2) is 8.15. The third kappa shape index (κ3) is 4.50. The topological polar surface area (TPSA) is 38.3 Å². The van der Waals surface area contributed by atoms with Crippen LogP contribution < -0.4 is 5.32 Å². The summed E-state index contributed by atoms with van der Waals surface area (Å²) < 4.78 is 6.89. The van der Waals surface area contributed by atoms with Gasteiger partial charge in [0.15, 0.2) is 0 Å². The van der Waals surface area contributed by atoms with Crippen LogP contribution in [0.5, 0.6) is 0 Å². The average molecular weight is 402 g/mol. The Bertz CT molecular complexity index is 696. The van der Waals surface area contributed by atoms with Gasteiger partial charge in [-0.25, -0.2) is 0 Å². The fourth-order valence-electron chi connectivity index (χ4n) is 3.06. The van der Waals surface area contributed by atoms with Gasteiger partial charge in [0.2, 0.25) is 5.91 Å². The fraction of sp³-hybridized carbons (Fsp3) is 0.381. The van der Waals surface area contributed by atoms with E-state index in [9.17, 15) is 4.79 Å². The van der Waals surface area contributed by atoms with Crippen molar-refractivity contribution in [1.82, 2.24) is 5.32 Å². The van der Waals surface area contributed by atoms with Crippen LogP contribution in [0.2, 0.25) is 0 Å². The molecule has 0 aliphatic heterocycles. The van der Waals surface area contributed by atoms with E-state index in [-0.39, 0.29) is 17.4 Å². The Morgan fingerprint density at radius 3 is 2.48 bits per heavy atom. The lowest BCUT2D eigenvalue weighted by molar-refractivity contribution is -0.123. The number of hydrogen-bond acceptors (Lipinski definition) is 2. The highest BCUT2D eigenvalue weighted by atomic mass is 79.9. The summed E-state index contributed by atoms with van der Waals surface area (Å²) in [7, 11) is 0. The van der Waals surface area contributed by atoms with Crippen LogP contribution in [0.3, 0.4) is 0 Å². The first-order valence-corrected chi connectivity index (χ1v) is 9.62. The number of halogens is 1. The molecule has 1 N–H and O–H groups in total. The Kier molecular flexibility index (Phi) is 5.92. The minimum absolute atomic E-state index is 0.0782. The van der Waals surface area contributed by atoms with Crippen LogP contribution in [0.4, 0.5) is 0 Å². The maximum Gasteiger partial charge on any atom is 0.230 e. The number of hydrogen-bond donors (Lipinski definition) is 1. The predicted molar refractivity (Wildman–Crippen MR) is 103 cm³/mol. The SMILES string of the molecule is CC(OCCCNC(=O)C1(c2ccc(Br)cc2)CC1)c1ccccc1. The number of carbonyl (C=O) groups excluding carboxylic acids is 1. The number of amides is 1. The lowest BCUT2D eigenvalue weighted by Crippen LogP contribution is -2.35. The maximum atomic E-state index is 12.6. The van der Waals surface area contributed by atoms with Crippen LogP contribution in [0.1, 0.15) is 43.4 Å². The maximum absolute atomic E-state index is 12.6. The van der Waals surface area contributed by atoms with Crippen LogP contribution in [-0.4, -0.2) is 19.1 Å². The summed E-state index contributed by atoms with van der Waals surface area (Å²) in [5.41, 5.74) is 1.99. The molecular weight excluding hydrogens is 378 g/mol. The van der Waals surface area contributed by atoms with E-state index in [1.165, 1.54) is 5.56 Å². The molecule has 0 radical (unpaired) electrons. The third-order valence-corrected chi connectivity index (χ3v) is 5.35. The summed E-state index contributed by atoms with van der Waals surface area (Å²) in [4.78, 5) is 12.6. The highest BCUT2D eigenvalue weighted by molar-refractivity contribution is 9.10. The van der Waals surface area contributed by atoms with Crippen molar-refractivity contribution in [2.75, 3.05) is 13.2 Å². The van der Waals surface area contributed by atoms with Gasteiger partial charge in [-0.05, 0) is 49.4 Å². The van der Waals surface area contributed by atoms with Crippen molar-refractivity contribution in [3.63, 3.8) is 0 Å². The minimum atomic E-state index is -0.307. The molecule has 1 aliphatic rings. The Morgan fingerprint density at radius 2 is 1.84 bits per heavy atom. The van der Waals surface area contributed by atoms with Crippen molar-refractivity contribution in [2.45, 2.75) is 37.7 Å². The first-order chi connectivity index (χ1) is 12.1.